The molecule has 1 saturated heterocycles. The van der Waals surface area contributed by atoms with Gasteiger partial charge in [0, 0.05) is 30.0 Å². The summed E-state index contributed by atoms with van der Waals surface area (Å²) >= 11 is 0. The molecule has 4 rings (SSSR count). The van der Waals surface area contributed by atoms with Crippen molar-refractivity contribution in [2.24, 2.45) is 0 Å². The zero-order valence-electron chi connectivity index (χ0n) is 13.6. The summed E-state index contributed by atoms with van der Waals surface area (Å²) in [5, 5.41) is 14.6. The van der Waals surface area contributed by atoms with E-state index in [9.17, 15) is 8.42 Å². The molecule has 0 amide bonds. The zero-order valence-corrected chi connectivity index (χ0v) is 14.4. The molecule has 25 heavy (non-hydrogen) atoms. The number of hydrogen-bond acceptors (Lipinski definition) is 7. The van der Waals surface area contributed by atoms with E-state index in [0.717, 1.165) is 25.2 Å². The molecule has 2 aromatic heterocycles. The summed E-state index contributed by atoms with van der Waals surface area (Å²) in [7, 11) is -3.23. The summed E-state index contributed by atoms with van der Waals surface area (Å²) in [6.45, 7) is 1.94. The number of hydrogen-bond donors (Lipinski definition) is 2. The quantitative estimate of drug-likeness (QED) is 0.727. The van der Waals surface area contributed by atoms with Gasteiger partial charge in [-0.05, 0) is 43.3 Å². The zero-order chi connectivity index (χ0) is 17.4. The number of rotatable bonds is 4. The molecule has 3 heterocycles. The van der Waals surface area contributed by atoms with Crippen LogP contribution in [-0.4, -0.2) is 48.1 Å². The van der Waals surface area contributed by atoms with E-state index < -0.39 is 9.84 Å². The lowest BCUT2D eigenvalue weighted by atomic mass is 10.1. The molecular weight excluding hydrogens is 342 g/mol. The van der Waals surface area contributed by atoms with Crippen molar-refractivity contribution in [3.8, 4) is 23.0 Å². The van der Waals surface area contributed by atoms with Gasteiger partial charge in [0.25, 0.3) is 5.89 Å². The number of aromatic amines is 1. The van der Waals surface area contributed by atoms with Crippen molar-refractivity contribution < 1.29 is 12.9 Å². The highest BCUT2D eigenvalue weighted by molar-refractivity contribution is 7.90. The van der Waals surface area contributed by atoms with Crippen LogP contribution in [0.5, 0.6) is 0 Å². The fourth-order valence-electron chi connectivity index (χ4n) is 2.87. The molecule has 0 aliphatic carbocycles. The molecule has 8 nitrogen and oxygen atoms in total. The van der Waals surface area contributed by atoms with Crippen molar-refractivity contribution in [2.45, 2.75) is 17.2 Å². The van der Waals surface area contributed by atoms with E-state index in [1.165, 1.54) is 18.4 Å². The van der Waals surface area contributed by atoms with E-state index in [1.54, 1.807) is 12.1 Å². The van der Waals surface area contributed by atoms with E-state index in [1.807, 2.05) is 6.07 Å². The second kappa shape index (κ2) is 6.08. The first-order chi connectivity index (χ1) is 12.0. The third kappa shape index (κ3) is 3.20. The molecule has 1 fully saturated rings. The second-order valence-electron chi connectivity index (χ2n) is 6.12. The predicted molar refractivity (Wildman–Crippen MR) is 90.7 cm³/mol. The highest BCUT2D eigenvalue weighted by Gasteiger charge is 2.21. The van der Waals surface area contributed by atoms with Crippen LogP contribution in [-0.2, 0) is 9.84 Å². The lowest BCUT2D eigenvalue weighted by Crippen LogP contribution is -2.08. The van der Waals surface area contributed by atoms with Crippen molar-refractivity contribution >= 4 is 9.84 Å². The SMILES string of the molecule is CS(=O)(=O)c1ccc(-c2noc(-c3cc(C4CCNC4)[nH]n3)n2)cc1. The van der Waals surface area contributed by atoms with Crippen molar-refractivity contribution in [2.75, 3.05) is 19.3 Å². The van der Waals surface area contributed by atoms with Gasteiger partial charge in [0.2, 0.25) is 5.82 Å². The van der Waals surface area contributed by atoms with Crippen molar-refractivity contribution in [3.05, 3.63) is 36.0 Å². The number of H-pyrrole nitrogens is 1. The Balaban J connectivity index is 1.58. The molecule has 1 aliphatic heterocycles. The molecule has 0 saturated carbocycles. The Bertz CT molecular complexity index is 985. The molecule has 3 aromatic rings. The van der Waals surface area contributed by atoms with E-state index in [4.69, 9.17) is 4.52 Å². The van der Waals surface area contributed by atoms with Crippen LogP contribution >= 0.6 is 0 Å². The fourth-order valence-corrected chi connectivity index (χ4v) is 3.50. The fraction of sp³-hybridized carbons (Fsp3) is 0.312. The number of aromatic nitrogens is 4. The van der Waals surface area contributed by atoms with Crippen LogP contribution in [0.1, 0.15) is 18.0 Å². The largest absolute Gasteiger partial charge is 0.332 e. The smallest absolute Gasteiger partial charge is 0.278 e. The maximum Gasteiger partial charge on any atom is 0.278 e. The van der Waals surface area contributed by atoms with Gasteiger partial charge in [-0.2, -0.15) is 10.1 Å². The Labute approximate surface area is 144 Å². The van der Waals surface area contributed by atoms with Crippen LogP contribution in [0.25, 0.3) is 23.0 Å². The normalized spacial score (nSPS) is 17.9. The van der Waals surface area contributed by atoms with Gasteiger partial charge in [0.1, 0.15) is 0 Å². The molecule has 2 N–H and O–H groups in total. The standard InChI is InChI=1S/C16H17N5O3S/c1-25(22,23)12-4-2-10(3-5-12)15-18-16(24-21-15)14-8-13(19-20-14)11-6-7-17-9-11/h2-5,8,11,17H,6-7,9H2,1H3,(H,19,20). The average molecular weight is 359 g/mol. The van der Waals surface area contributed by atoms with Crippen LogP contribution in [0.15, 0.2) is 39.8 Å². The highest BCUT2D eigenvalue weighted by Crippen LogP contribution is 2.26. The van der Waals surface area contributed by atoms with E-state index in [0.29, 0.717) is 28.9 Å². The molecule has 1 aromatic carbocycles. The Morgan fingerprint density at radius 3 is 2.72 bits per heavy atom. The first-order valence-corrected chi connectivity index (χ1v) is 9.80. The molecule has 1 aliphatic rings. The van der Waals surface area contributed by atoms with Crippen LogP contribution in [0.2, 0.25) is 0 Å². The third-order valence-electron chi connectivity index (χ3n) is 4.28. The van der Waals surface area contributed by atoms with Gasteiger partial charge in [-0.1, -0.05) is 5.16 Å². The Hall–Kier alpha value is -2.52. The Morgan fingerprint density at radius 1 is 1.24 bits per heavy atom. The van der Waals surface area contributed by atoms with Crippen LogP contribution in [0, 0.1) is 0 Å². The van der Waals surface area contributed by atoms with Gasteiger partial charge in [-0.3, -0.25) is 5.10 Å². The number of sulfone groups is 1. The molecule has 0 spiro atoms. The minimum Gasteiger partial charge on any atom is -0.332 e. The summed E-state index contributed by atoms with van der Waals surface area (Å²) in [6.07, 6.45) is 2.24. The molecule has 9 heteroatoms. The summed E-state index contributed by atoms with van der Waals surface area (Å²) in [6, 6.07) is 8.30. The predicted octanol–water partition coefficient (Wildman–Crippen LogP) is 1.61. The van der Waals surface area contributed by atoms with Crippen molar-refractivity contribution in [1.29, 1.82) is 0 Å². The van der Waals surface area contributed by atoms with Gasteiger partial charge >= 0.3 is 0 Å². The molecule has 0 bridgehead atoms. The Morgan fingerprint density at radius 2 is 2.04 bits per heavy atom. The van der Waals surface area contributed by atoms with Gasteiger partial charge in [0.15, 0.2) is 15.5 Å². The number of nitrogens with zero attached hydrogens (tertiary/aromatic N) is 3. The summed E-state index contributed by atoms with van der Waals surface area (Å²) in [5.41, 5.74) is 2.34. The molecule has 0 radical (unpaired) electrons. The van der Waals surface area contributed by atoms with Gasteiger partial charge in [0.05, 0.1) is 4.90 Å². The number of nitrogens with one attached hydrogen (secondary N) is 2. The summed E-state index contributed by atoms with van der Waals surface area (Å²) in [5.74, 6) is 1.14. The maximum atomic E-state index is 11.5. The van der Waals surface area contributed by atoms with E-state index in [-0.39, 0.29) is 4.90 Å². The first-order valence-electron chi connectivity index (χ1n) is 7.91. The van der Waals surface area contributed by atoms with Gasteiger partial charge in [-0.15, -0.1) is 0 Å². The lowest BCUT2D eigenvalue weighted by molar-refractivity contribution is 0.431. The molecule has 1 unspecified atom stereocenters. The summed E-state index contributed by atoms with van der Waals surface area (Å²) in [4.78, 5) is 4.61. The van der Waals surface area contributed by atoms with E-state index >= 15 is 0 Å². The van der Waals surface area contributed by atoms with Gasteiger partial charge < -0.3 is 9.84 Å². The summed E-state index contributed by atoms with van der Waals surface area (Å²) < 4.78 is 28.3. The molecule has 130 valence electrons. The monoisotopic (exact) mass is 359 g/mol. The first kappa shape index (κ1) is 16.0. The van der Waals surface area contributed by atoms with E-state index in [2.05, 4.69) is 25.7 Å². The Kier molecular flexibility index (Phi) is 3.89. The van der Waals surface area contributed by atoms with Gasteiger partial charge in [-0.25, -0.2) is 8.42 Å². The maximum absolute atomic E-state index is 11.5. The van der Waals surface area contributed by atoms with Crippen LogP contribution in [0.3, 0.4) is 0 Å². The average Bonchev–Trinajstić information content (AvgIpc) is 3.33. The highest BCUT2D eigenvalue weighted by atomic mass is 32.2. The molecular formula is C16H17N5O3S. The van der Waals surface area contributed by atoms with Crippen LogP contribution in [0.4, 0.5) is 0 Å². The minimum absolute atomic E-state index is 0.252. The minimum atomic E-state index is -3.23. The second-order valence-corrected chi connectivity index (χ2v) is 8.13. The van der Waals surface area contributed by atoms with Crippen molar-refractivity contribution in [3.63, 3.8) is 0 Å². The molecule has 1 atom stereocenters. The van der Waals surface area contributed by atoms with Crippen LogP contribution < -0.4 is 5.32 Å². The van der Waals surface area contributed by atoms with Crippen molar-refractivity contribution in [1.82, 2.24) is 25.7 Å². The topological polar surface area (TPSA) is 114 Å². The lowest BCUT2D eigenvalue weighted by Gasteiger charge is -2.02. The number of benzene rings is 1. The third-order valence-corrected chi connectivity index (χ3v) is 5.41.